The molecule has 0 aliphatic rings. The van der Waals surface area contributed by atoms with Crippen LogP contribution in [0, 0.1) is 0 Å². The summed E-state index contributed by atoms with van der Waals surface area (Å²) in [5.41, 5.74) is 0.862. The van der Waals surface area contributed by atoms with Crippen LogP contribution in [0.4, 0.5) is 0 Å². The lowest BCUT2D eigenvalue weighted by molar-refractivity contribution is -0.146. The fourth-order valence-corrected chi connectivity index (χ4v) is 2.50. The van der Waals surface area contributed by atoms with Crippen LogP contribution in [-0.4, -0.2) is 18.5 Å². The molecule has 0 aromatic heterocycles. The number of para-hydroxylation sites is 1. The van der Waals surface area contributed by atoms with Crippen molar-refractivity contribution in [2.45, 2.75) is 52.1 Å². The van der Waals surface area contributed by atoms with Crippen LogP contribution in [0.5, 0.6) is 11.5 Å². The third kappa shape index (κ3) is 8.71. The highest BCUT2D eigenvalue weighted by Crippen LogP contribution is 2.22. The summed E-state index contributed by atoms with van der Waals surface area (Å²) >= 11 is 0. The minimum Gasteiger partial charge on any atom is -0.466 e. The summed E-state index contributed by atoms with van der Waals surface area (Å²) in [6.07, 6.45) is 3.76. The summed E-state index contributed by atoms with van der Waals surface area (Å²) in [7, 11) is 0. The maximum Gasteiger partial charge on any atom is 0.306 e. The summed E-state index contributed by atoms with van der Waals surface area (Å²) in [5.74, 6) is 0.983. The van der Waals surface area contributed by atoms with Gasteiger partial charge < -0.3 is 14.2 Å². The molecule has 28 heavy (non-hydrogen) atoms. The Hall–Kier alpha value is -2.82. The van der Waals surface area contributed by atoms with E-state index in [0.29, 0.717) is 38.0 Å². The van der Waals surface area contributed by atoms with E-state index in [2.05, 4.69) is 0 Å². The van der Waals surface area contributed by atoms with E-state index in [-0.39, 0.29) is 18.5 Å². The van der Waals surface area contributed by atoms with Crippen LogP contribution in [0.2, 0.25) is 0 Å². The zero-order valence-corrected chi connectivity index (χ0v) is 16.4. The van der Waals surface area contributed by atoms with Gasteiger partial charge in [-0.1, -0.05) is 43.7 Å². The number of rotatable bonds is 12. The number of hydrogen-bond donors (Lipinski definition) is 0. The number of hydrogen-bond acceptors (Lipinski definition) is 5. The van der Waals surface area contributed by atoms with Crippen molar-refractivity contribution >= 4 is 11.9 Å². The number of carbonyl (C=O) groups excluding carboxylic acids is 2. The van der Waals surface area contributed by atoms with E-state index in [0.717, 1.165) is 24.2 Å². The molecule has 0 spiro atoms. The molecule has 150 valence electrons. The van der Waals surface area contributed by atoms with Crippen molar-refractivity contribution in [3.8, 4) is 11.5 Å². The van der Waals surface area contributed by atoms with Gasteiger partial charge in [0.2, 0.25) is 0 Å². The van der Waals surface area contributed by atoms with Gasteiger partial charge in [-0.2, -0.15) is 0 Å². The smallest absolute Gasteiger partial charge is 0.306 e. The SMILES string of the molecule is CCCCOC(=O)CCCCC(=O)OCc1cccc(Oc2ccccc2)c1. The monoisotopic (exact) mass is 384 g/mol. The topological polar surface area (TPSA) is 61.8 Å². The van der Waals surface area contributed by atoms with Crippen LogP contribution < -0.4 is 4.74 Å². The molecule has 0 radical (unpaired) electrons. The third-order valence-electron chi connectivity index (χ3n) is 4.05. The van der Waals surface area contributed by atoms with Crippen molar-refractivity contribution in [1.29, 1.82) is 0 Å². The van der Waals surface area contributed by atoms with E-state index in [9.17, 15) is 9.59 Å². The largest absolute Gasteiger partial charge is 0.466 e. The van der Waals surface area contributed by atoms with E-state index in [1.807, 2.05) is 61.5 Å². The second kappa shape index (κ2) is 12.5. The van der Waals surface area contributed by atoms with Gasteiger partial charge in [0, 0.05) is 12.8 Å². The molecule has 2 aromatic carbocycles. The Morgan fingerprint density at radius 3 is 2.18 bits per heavy atom. The fraction of sp³-hybridized carbons (Fsp3) is 0.391. The summed E-state index contributed by atoms with van der Waals surface area (Å²) in [6.45, 7) is 2.72. The second-order valence-electron chi connectivity index (χ2n) is 6.50. The predicted octanol–water partition coefficient (Wildman–Crippen LogP) is 5.43. The van der Waals surface area contributed by atoms with Gasteiger partial charge >= 0.3 is 11.9 Å². The number of ether oxygens (including phenoxy) is 3. The van der Waals surface area contributed by atoms with Crippen molar-refractivity contribution in [3.05, 3.63) is 60.2 Å². The maximum absolute atomic E-state index is 11.9. The number of unbranched alkanes of at least 4 members (excludes halogenated alkanes) is 2. The molecule has 5 nitrogen and oxygen atoms in total. The molecule has 0 fully saturated rings. The fourth-order valence-electron chi connectivity index (χ4n) is 2.50. The van der Waals surface area contributed by atoms with Gasteiger partial charge in [0.05, 0.1) is 6.61 Å². The van der Waals surface area contributed by atoms with Gasteiger partial charge in [0.15, 0.2) is 0 Å². The van der Waals surface area contributed by atoms with Gasteiger partial charge in [-0.3, -0.25) is 9.59 Å². The Morgan fingerprint density at radius 1 is 0.786 bits per heavy atom. The van der Waals surface area contributed by atoms with Gasteiger partial charge in [-0.05, 0) is 49.1 Å². The number of benzene rings is 2. The number of esters is 2. The molecule has 0 bridgehead atoms. The average Bonchev–Trinajstić information content (AvgIpc) is 2.71. The quantitative estimate of drug-likeness (QED) is 0.361. The molecule has 0 heterocycles. The van der Waals surface area contributed by atoms with Gasteiger partial charge in [-0.25, -0.2) is 0 Å². The minimum atomic E-state index is -0.270. The van der Waals surface area contributed by atoms with E-state index in [1.165, 1.54) is 0 Å². The molecule has 0 N–H and O–H groups in total. The molecule has 2 rings (SSSR count). The first-order chi connectivity index (χ1) is 13.7. The molecular weight excluding hydrogens is 356 g/mol. The Bertz CT molecular complexity index is 727. The summed E-state index contributed by atoms with van der Waals surface area (Å²) in [4.78, 5) is 23.4. The van der Waals surface area contributed by atoms with E-state index >= 15 is 0 Å². The Labute approximate surface area is 166 Å². The van der Waals surface area contributed by atoms with Gasteiger partial charge in [0.1, 0.15) is 18.1 Å². The van der Waals surface area contributed by atoms with E-state index in [1.54, 1.807) is 0 Å². The third-order valence-corrected chi connectivity index (χ3v) is 4.05. The Kier molecular flexibility index (Phi) is 9.62. The predicted molar refractivity (Wildman–Crippen MR) is 107 cm³/mol. The molecule has 0 atom stereocenters. The highest BCUT2D eigenvalue weighted by Gasteiger charge is 2.07. The summed E-state index contributed by atoms with van der Waals surface area (Å²) in [5, 5.41) is 0. The Balaban J connectivity index is 1.64. The first-order valence-electron chi connectivity index (χ1n) is 9.80. The minimum absolute atomic E-state index is 0.197. The van der Waals surface area contributed by atoms with E-state index < -0.39 is 0 Å². The second-order valence-corrected chi connectivity index (χ2v) is 6.50. The molecule has 0 unspecified atom stereocenters. The summed E-state index contributed by atoms with van der Waals surface area (Å²) in [6, 6.07) is 17.0. The van der Waals surface area contributed by atoms with E-state index in [4.69, 9.17) is 14.2 Å². The molecule has 0 saturated heterocycles. The molecule has 0 amide bonds. The van der Waals surface area contributed by atoms with Crippen molar-refractivity contribution < 1.29 is 23.8 Å². The molecule has 0 aliphatic heterocycles. The lowest BCUT2D eigenvalue weighted by Gasteiger charge is -2.08. The molecule has 2 aromatic rings. The van der Waals surface area contributed by atoms with Crippen molar-refractivity contribution in [1.82, 2.24) is 0 Å². The lowest BCUT2D eigenvalue weighted by Crippen LogP contribution is -2.07. The first-order valence-corrected chi connectivity index (χ1v) is 9.80. The normalized spacial score (nSPS) is 10.3. The zero-order valence-electron chi connectivity index (χ0n) is 16.4. The van der Waals surface area contributed by atoms with Crippen molar-refractivity contribution in [3.63, 3.8) is 0 Å². The molecular formula is C23H28O5. The van der Waals surface area contributed by atoms with Crippen LogP contribution in [0.15, 0.2) is 54.6 Å². The lowest BCUT2D eigenvalue weighted by atomic mass is 10.2. The first kappa shape index (κ1) is 21.5. The van der Waals surface area contributed by atoms with Gasteiger partial charge in [-0.15, -0.1) is 0 Å². The van der Waals surface area contributed by atoms with Crippen LogP contribution in [0.25, 0.3) is 0 Å². The highest BCUT2D eigenvalue weighted by atomic mass is 16.5. The van der Waals surface area contributed by atoms with Crippen molar-refractivity contribution in [2.24, 2.45) is 0 Å². The molecule has 5 heteroatoms. The van der Waals surface area contributed by atoms with Crippen LogP contribution in [0.3, 0.4) is 0 Å². The average molecular weight is 384 g/mol. The van der Waals surface area contributed by atoms with Crippen LogP contribution >= 0.6 is 0 Å². The van der Waals surface area contributed by atoms with Crippen LogP contribution in [-0.2, 0) is 25.7 Å². The summed E-state index contributed by atoms with van der Waals surface area (Å²) < 4.78 is 16.2. The van der Waals surface area contributed by atoms with Crippen LogP contribution in [0.1, 0.15) is 51.0 Å². The standard InChI is InChI=1S/C23H28O5/c1-2-3-16-26-22(24)14-7-8-15-23(25)27-18-19-10-9-13-21(17-19)28-20-11-5-4-6-12-20/h4-6,9-13,17H,2-3,7-8,14-16,18H2,1H3. The van der Waals surface area contributed by atoms with Crippen molar-refractivity contribution in [2.75, 3.05) is 6.61 Å². The maximum atomic E-state index is 11.9. The highest BCUT2D eigenvalue weighted by molar-refractivity contribution is 5.70. The zero-order chi connectivity index (χ0) is 20.0. The molecule has 0 aliphatic carbocycles. The van der Waals surface area contributed by atoms with Gasteiger partial charge in [0.25, 0.3) is 0 Å². The Morgan fingerprint density at radius 2 is 1.46 bits per heavy atom. The number of carbonyl (C=O) groups is 2. The molecule has 0 saturated carbocycles.